The molecule has 0 atom stereocenters. The van der Waals surface area contributed by atoms with Crippen molar-refractivity contribution in [2.24, 2.45) is 0 Å². The lowest BCUT2D eigenvalue weighted by Crippen LogP contribution is -2.29. The highest BCUT2D eigenvalue weighted by Crippen LogP contribution is 2.27. The molecular formula is C15H20ClN3O4. The van der Waals surface area contributed by atoms with Crippen molar-refractivity contribution in [2.75, 3.05) is 26.2 Å². The normalized spacial score (nSPS) is 13.5. The topological polar surface area (TPSA) is 93.5 Å². The van der Waals surface area contributed by atoms with Crippen molar-refractivity contribution in [3.63, 3.8) is 0 Å². The van der Waals surface area contributed by atoms with Crippen LogP contribution >= 0.6 is 12.4 Å². The van der Waals surface area contributed by atoms with Crippen LogP contribution in [0.2, 0.25) is 0 Å². The average Bonchev–Trinajstić information content (AvgIpc) is 2.54. The molecule has 126 valence electrons. The standard InChI is InChI=1S/C15H19N3O4.ClH/c1-2-22-14-4-3-12(9-13(14)18(20)21)15(19)17-10-11-5-7-16-8-6-11;/h3-5,9,16H,2,6-8,10H2,1H3,(H,17,19);1H. The van der Waals surface area contributed by atoms with Gasteiger partial charge in [0.2, 0.25) is 0 Å². The molecule has 0 unspecified atom stereocenters. The second kappa shape index (κ2) is 9.12. The molecule has 2 N–H and O–H groups in total. The van der Waals surface area contributed by atoms with Crippen LogP contribution in [0.5, 0.6) is 5.75 Å². The lowest BCUT2D eigenvalue weighted by atomic mass is 10.1. The van der Waals surface area contributed by atoms with Gasteiger partial charge < -0.3 is 15.4 Å². The van der Waals surface area contributed by atoms with Crippen LogP contribution in [0.25, 0.3) is 0 Å². The molecule has 0 aliphatic carbocycles. The Labute approximate surface area is 140 Å². The number of halogens is 1. The Morgan fingerprint density at radius 2 is 2.26 bits per heavy atom. The third-order valence-corrected chi connectivity index (χ3v) is 3.35. The summed E-state index contributed by atoms with van der Waals surface area (Å²) in [5.74, 6) is -0.157. The summed E-state index contributed by atoms with van der Waals surface area (Å²) in [6.07, 6.45) is 2.94. The van der Waals surface area contributed by atoms with Crippen LogP contribution in [0.3, 0.4) is 0 Å². The number of carbonyl (C=O) groups is 1. The summed E-state index contributed by atoms with van der Waals surface area (Å²) in [6.45, 7) is 4.24. The largest absolute Gasteiger partial charge is 0.487 e. The molecule has 1 aliphatic heterocycles. The maximum atomic E-state index is 12.1. The highest BCUT2D eigenvalue weighted by molar-refractivity contribution is 5.95. The van der Waals surface area contributed by atoms with E-state index in [1.54, 1.807) is 6.92 Å². The van der Waals surface area contributed by atoms with Crippen molar-refractivity contribution in [1.82, 2.24) is 10.6 Å². The Hall–Kier alpha value is -2.12. The zero-order valence-corrected chi connectivity index (χ0v) is 13.6. The first-order valence-corrected chi connectivity index (χ1v) is 7.20. The molecule has 1 aromatic rings. The number of nitrogens with one attached hydrogen (secondary N) is 2. The maximum absolute atomic E-state index is 12.1. The predicted octanol–water partition coefficient (Wildman–Crippen LogP) is 2.06. The first kappa shape index (κ1) is 18.9. The number of rotatable bonds is 6. The fourth-order valence-corrected chi connectivity index (χ4v) is 2.20. The number of nitro groups is 1. The summed E-state index contributed by atoms with van der Waals surface area (Å²) < 4.78 is 5.20. The minimum Gasteiger partial charge on any atom is -0.487 e. The number of benzene rings is 1. The van der Waals surface area contributed by atoms with Crippen LogP contribution < -0.4 is 15.4 Å². The predicted molar refractivity (Wildman–Crippen MR) is 89.4 cm³/mol. The summed E-state index contributed by atoms with van der Waals surface area (Å²) in [4.78, 5) is 22.6. The summed E-state index contributed by atoms with van der Waals surface area (Å²) in [5, 5.41) is 17.0. The van der Waals surface area contributed by atoms with Crippen molar-refractivity contribution in [1.29, 1.82) is 0 Å². The van der Waals surface area contributed by atoms with Gasteiger partial charge in [-0.05, 0) is 32.0 Å². The average molecular weight is 342 g/mol. The minimum absolute atomic E-state index is 0. The van der Waals surface area contributed by atoms with E-state index in [0.29, 0.717) is 13.2 Å². The van der Waals surface area contributed by atoms with E-state index in [2.05, 4.69) is 10.6 Å². The molecule has 1 amide bonds. The van der Waals surface area contributed by atoms with E-state index in [1.807, 2.05) is 6.08 Å². The summed E-state index contributed by atoms with van der Waals surface area (Å²) >= 11 is 0. The van der Waals surface area contributed by atoms with E-state index in [9.17, 15) is 14.9 Å². The first-order valence-electron chi connectivity index (χ1n) is 7.20. The summed E-state index contributed by atoms with van der Waals surface area (Å²) in [7, 11) is 0. The molecule has 0 radical (unpaired) electrons. The molecule has 7 nitrogen and oxygen atoms in total. The van der Waals surface area contributed by atoms with Crippen molar-refractivity contribution < 1.29 is 14.5 Å². The van der Waals surface area contributed by atoms with Crippen LogP contribution in [-0.2, 0) is 0 Å². The van der Waals surface area contributed by atoms with Gasteiger partial charge in [0.1, 0.15) is 0 Å². The number of nitro benzene ring substituents is 1. The van der Waals surface area contributed by atoms with Crippen molar-refractivity contribution in [3.05, 3.63) is 45.5 Å². The maximum Gasteiger partial charge on any atom is 0.311 e. The second-order valence-corrected chi connectivity index (χ2v) is 4.87. The summed E-state index contributed by atoms with van der Waals surface area (Å²) in [5.41, 5.74) is 1.22. The van der Waals surface area contributed by atoms with Crippen LogP contribution in [0.15, 0.2) is 29.8 Å². The minimum atomic E-state index is -0.545. The van der Waals surface area contributed by atoms with Crippen LogP contribution in [0.4, 0.5) is 5.69 Å². The van der Waals surface area contributed by atoms with E-state index < -0.39 is 4.92 Å². The van der Waals surface area contributed by atoms with Gasteiger partial charge in [-0.3, -0.25) is 14.9 Å². The fourth-order valence-electron chi connectivity index (χ4n) is 2.20. The van der Waals surface area contributed by atoms with Crippen molar-refractivity contribution in [2.45, 2.75) is 13.3 Å². The quantitative estimate of drug-likeness (QED) is 0.469. The van der Waals surface area contributed by atoms with Crippen LogP contribution in [-0.4, -0.2) is 37.1 Å². The monoisotopic (exact) mass is 341 g/mol. The Balaban J connectivity index is 0.00000264. The number of carbonyl (C=O) groups excluding carboxylic acids is 1. The van der Waals surface area contributed by atoms with E-state index in [-0.39, 0.29) is 35.3 Å². The Bertz CT molecular complexity index is 604. The van der Waals surface area contributed by atoms with Gasteiger partial charge >= 0.3 is 5.69 Å². The van der Waals surface area contributed by atoms with Crippen LogP contribution in [0.1, 0.15) is 23.7 Å². The highest BCUT2D eigenvalue weighted by atomic mass is 35.5. The molecule has 0 spiro atoms. The molecule has 0 aromatic heterocycles. The third kappa shape index (κ3) is 5.22. The van der Waals surface area contributed by atoms with Gasteiger partial charge in [-0.15, -0.1) is 12.4 Å². The Morgan fingerprint density at radius 1 is 1.48 bits per heavy atom. The zero-order chi connectivity index (χ0) is 15.9. The molecule has 1 aliphatic rings. The van der Waals surface area contributed by atoms with E-state index in [4.69, 9.17) is 4.74 Å². The number of ether oxygens (including phenoxy) is 1. The molecule has 0 fully saturated rings. The fraction of sp³-hybridized carbons (Fsp3) is 0.400. The molecule has 0 bridgehead atoms. The lowest BCUT2D eigenvalue weighted by Gasteiger charge is -2.14. The highest BCUT2D eigenvalue weighted by Gasteiger charge is 2.18. The van der Waals surface area contributed by atoms with Crippen LogP contribution in [0, 0.1) is 10.1 Å². The van der Waals surface area contributed by atoms with E-state index in [1.165, 1.54) is 18.2 Å². The second-order valence-electron chi connectivity index (χ2n) is 4.87. The number of hydrogen-bond acceptors (Lipinski definition) is 5. The molecule has 23 heavy (non-hydrogen) atoms. The van der Waals surface area contributed by atoms with Gasteiger partial charge in [0.15, 0.2) is 5.75 Å². The molecule has 1 aromatic carbocycles. The molecule has 2 rings (SSSR count). The molecular weight excluding hydrogens is 322 g/mol. The van der Waals surface area contributed by atoms with Gasteiger partial charge in [-0.25, -0.2) is 0 Å². The molecule has 0 saturated carbocycles. The number of amides is 1. The van der Waals surface area contributed by atoms with Crippen molar-refractivity contribution in [3.8, 4) is 5.75 Å². The number of nitrogens with zero attached hydrogens (tertiary/aromatic N) is 1. The SMILES string of the molecule is CCOc1ccc(C(=O)NCC2=CCNCC2)cc1[N+](=O)[O-].Cl. The van der Waals surface area contributed by atoms with Gasteiger partial charge in [0.25, 0.3) is 5.91 Å². The molecule has 8 heteroatoms. The van der Waals surface area contributed by atoms with Gasteiger partial charge in [0, 0.05) is 24.7 Å². The molecule has 1 heterocycles. The van der Waals surface area contributed by atoms with E-state index in [0.717, 1.165) is 25.1 Å². The van der Waals surface area contributed by atoms with E-state index >= 15 is 0 Å². The first-order chi connectivity index (χ1) is 10.6. The van der Waals surface area contributed by atoms with Gasteiger partial charge in [-0.1, -0.05) is 11.6 Å². The third-order valence-electron chi connectivity index (χ3n) is 3.35. The smallest absolute Gasteiger partial charge is 0.311 e. The van der Waals surface area contributed by atoms with Crippen molar-refractivity contribution >= 4 is 24.0 Å². The van der Waals surface area contributed by atoms with Gasteiger partial charge in [0.05, 0.1) is 11.5 Å². The Morgan fingerprint density at radius 3 is 2.87 bits per heavy atom. The summed E-state index contributed by atoms with van der Waals surface area (Å²) in [6, 6.07) is 4.24. The number of hydrogen-bond donors (Lipinski definition) is 2. The lowest BCUT2D eigenvalue weighted by molar-refractivity contribution is -0.385. The zero-order valence-electron chi connectivity index (χ0n) is 12.8. The molecule has 0 saturated heterocycles. The Kier molecular flexibility index (Phi) is 7.50. The van der Waals surface area contributed by atoms with Gasteiger partial charge in [-0.2, -0.15) is 0 Å².